The van der Waals surface area contributed by atoms with Crippen LogP contribution in [-0.4, -0.2) is 47.0 Å². The van der Waals surface area contributed by atoms with E-state index >= 15 is 0 Å². The van der Waals surface area contributed by atoms with E-state index in [1.807, 2.05) is 44.2 Å². The SMILES string of the molecule is CCN(CC)CCCNC(=O)c1cccc(Nc2nc(C)cc(C)n2)c1. The number of carbonyl (C=O) groups is 1. The minimum absolute atomic E-state index is 0.0606. The normalized spacial score (nSPS) is 10.8. The van der Waals surface area contributed by atoms with Crippen molar-refractivity contribution in [2.24, 2.45) is 0 Å². The number of nitrogens with one attached hydrogen (secondary N) is 2. The van der Waals surface area contributed by atoms with Crippen molar-refractivity contribution in [3.63, 3.8) is 0 Å². The maximum atomic E-state index is 12.4. The van der Waals surface area contributed by atoms with E-state index in [9.17, 15) is 4.79 Å². The summed E-state index contributed by atoms with van der Waals surface area (Å²) >= 11 is 0. The van der Waals surface area contributed by atoms with E-state index in [-0.39, 0.29) is 5.91 Å². The van der Waals surface area contributed by atoms with Gasteiger partial charge in [-0.2, -0.15) is 0 Å². The van der Waals surface area contributed by atoms with Crippen LogP contribution in [0.25, 0.3) is 0 Å². The first-order valence-corrected chi connectivity index (χ1v) is 9.21. The molecule has 0 aliphatic heterocycles. The number of benzene rings is 1. The van der Waals surface area contributed by atoms with Crippen molar-refractivity contribution >= 4 is 17.5 Å². The van der Waals surface area contributed by atoms with Crippen LogP contribution in [-0.2, 0) is 0 Å². The second-order valence-electron chi connectivity index (χ2n) is 6.32. The van der Waals surface area contributed by atoms with Crippen LogP contribution in [0.2, 0.25) is 0 Å². The fourth-order valence-electron chi connectivity index (χ4n) is 2.80. The number of hydrogen-bond acceptors (Lipinski definition) is 5. The van der Waals surface area contributed by atoms with Crippen molar-refractivity contribution < 1.29 is 4.79 Å². The first-order chi connectivity index (χ1) is 12.5. The Kier molecular flexibility index (Phi) is 7.53. The van der Waals surface area contributed by atoms with E-state index in [4.69, 9.17) is 0 Å². The van der Waals surface area contributed by atoms with E-state index < -0.39 is 0 Å². The Morgan fingerprint density at radius 3 is 2.42 bits per heavy atom. The number of hydrogen-bond donors (Lipinski definition) is 2. The Bertz CT molecular complexity index is 708. The van der Waals surface area contributed by atoms with Gasteiger partial charge in [0.1, 0.15) is 0 Å². The lowest BCUT2D eigenvalue weighted by Crippen LogP contribution is -2.29. The second kappa shape index (κ2) is 9.87. The number of rotatable bonds is 9. The van der Waals surface area contributed by atoms with Crippen molar-refractivity contribution in [1.82, 2.24) is 20.2 Å². The molecule has 0 atom stereocenters. The van der Waals surface area contributed by atoms with Gasteiger partial charge < -0.3 is 15.5 Å². The molecule has 2 aromatic rings. The summed E-state index contributed by atoms with van der Waals surface area (Å²) in [7, 11) is 0. The molecule has 2 rings (SSSR count). The molecule has 2 N–H and O–H groups in total. The topological polar surface area (TPSA) is 70.2 Å². The largest absolute Gasteiger partial charge is 0.352 e. The van der Waals surface area contributed by atoms with Crippen molar-refractivity contribution in [3.05, 3.63) is 47.3 Å². The Labute approximate surface area is 156 Å². The predicted molar refractivity (Wildman–Crippen MR) is 106 cm³/mol. The van der Waals surface area contributed by atoms with Crippen LogP contribution in [0.4, 0.5) is 11.6 Å². The molecule has 0 unspecified atom stereocenters. The molecule has 1 aromatic carbocycles. The smallest absolute Gasteiger partial charge is 0.251 e. The van der Waals surface area contributed by atoms with Crippen LogP contribution in [0, 0.1) is 13.8 Å². The van der Waals surface area contributed by atoms with Gasteiger partial charge in [-0.3, -0.25) is 4.79 Å². The number of anilines is 2. The van der Waals surface area contributed by atoms with Crippen LogP contribution in [0.15, 0.2) is 30.3 Å². The van der Waals surface area contributed by atoms with Gasteiger partial charge in [-0.25, -0.2) is 9.97 Å². The molecule has 0 aliphatic carbocycles. The highest BCUT2D eigenvalue weighted by Gasteiger charge is 2.07. The van der Waals surface area contributed by atoms with Crippen LogP contribution >= 0.6 is 0 Å². The van der Waals surface area contributed by atoms with Gasteiger partial charge in [-0.1, -0.05) is 19.9 Å². The molecule has 0 fully saturated rings. The van der Waals surface area contributed by atoms with Crippen LogP contribution in [0.5, 0.6) is 0 Å². The molecule has 1 aromatic heterocycles. The number of carbonyl (C=O) groups excluding carboxylic acids is 1. The summed E-state index contributed by atoms with van der Waals surface area (Å²) in [6, 6.07) is 9.31. The summed E-state index contributed by atoms with van der Waals surface area (Å²) in [6.45, 7) is 11.9. The maximum absolute atomic E-state index is 12.4. The Morgan fingerprint density at radius 1 is 1.08 bits per heavy atom. The van der Waals surface area contributed by atoms with E-state index in [2.05, 4.69) is 39.3 Å². The second-order valence-corrected chi connectivity index (χ2v) is 6.32. The quantitative estimate of drug-likeness (QED) is 0.676. The van der Waals surface area contributed by atoms with Crippen molar-refractivity contribution in [2.45, 2.75) is 34.1 Å². The molecule has 0 saturated heterocycles. The van der Waals surface area contributed by atoms with Crippen LogP contribution in [0.3, 0.4) is 0 Å². The molecule has 1 amide bonds. The van der Waals surface area contributed by atoms with Gasteiger partial charge in [-0.05, 0) is 64.2 Å². The van der Waals surface area contributed by atoms with E-state index in [1.165, 1.54) is 0 Å². The summed E-state index contributed by atoms with van der Waals surface area (Å²) in [6.07, 6.45) is 0.946. The minimum atomic E-state index is -0.0606. The lowest BCUT2D eigenvalue weighted by molar-refractivity contribution is 0.0952. The highest BCUT2D eigenvalue weighted by atomic mass is 16.1. The zero-order chi connectivity index (χ0) is 18.9. The van der Waals surface area contributed by atoms with Gasteiger partial charge in [0.05, 0.1) is 0 Å². The lowest BCUT2D eigenvalue weighted by Gasteiger charge is -2.17. The molecular weight excluding hydrogens is 326 g/mol. The molecule has 0 saturated carbocycles. The molecule has 0 radical (unpaired) electrons. The minimum Gasteiger partial charge on any atom is -0.352 e. The average molecular weight is 355 g/mol. The lowest BCUT2D eigenvalue weighted by atomic mass is 10.2. The van der Waals surface area contributed by atoms with E-state index in [0.717, 1.165) is 43.1 Å². The number of nitrogens with zero attached hydrogens (tertiary/aromatic N) is 3. The molecule has 6 heteroatoms. The van der Waals surface area contributed by atoms with Crippen molar-refractivity contribution in [3.8, 4) is 0 Å². The fraction of sp³-hybridized carbons (Fsp3) is 0.450. The standard InChI is InChI=1S/C20H29N5O/c1-5-25(6-2)12-8-11-21-19(26)17-9-7-10-18(14-17)24-20-22-15(3)13-16(4)23-20/h7,9-10,13-14H,5-6,8,11-12H2,1-4H3,(H,21,26)(H,22,23,24). The van der Waals surface area contributed by atoms with Gasteiger partial charge >= 0.3 is 0 Å². The van der Waals surface area contributed by atoms with Gasteiger partial charge in [0, 0.05) is 29.2 Å². The Morgan fingerprint density at radius 2 is 1.77 bits per heavy atom. The third-order valence-electron chi connectivity index (χ3n) is 4.19. The summed E-state index contributed by atoms with van der Waals surface area (Å²) < 4.78 is 0. The summed E-state index contributed by atoms with van der Waals surface area (Å²) in [5, 5.41) is 6.16. The third kappa shape index (κ3) is 6.11. The molecular formula is C20H29N5O. The molecule has 26 heavy (non-hydrogen) atoms. The third-order valence-corrected chi connectivity index (χ3v) is 4.19. The molecule has 0 bridgehead atoms. The zero-order valence-corrected chi connectivity index (χ0v) is 16.2. The fourth-order valence-corrected chi connectivity index (χ4v) is 2.80. The van der Waals surface area contributed by atoms with Crippen molar-refractivity contribution in [1.29, 1.82) is 0 Å². The Balaban J connectivity index is 1.92. The molecule has 0 aliphatic rings. The first kappa shape index (κ1) is 19.8. The summed E-state index contributed by atoms with van der Waals surface area (Å²) in [5.41, 5.74) is 3.23. The van der Waals surface area contributed by atoms with Gasteiger partial charge in [0.15, 0.2) is 0 Å². The highest BCUT2D eigenvalue weighted by Crippen LogP contribution is 2.15. The van der Waals surface area contributed by atoms with Crippen LogP contribution < -0.4 is 10.6 Å². The monoisotopic (exact) mass is 355 g/mol. The highest BCUT2D eigenvalue weighted by molar-refractivity contribution is 5.95. The number of aryl methyl sites for hydroxylation is 2. The maximum Gasteiger partial charge on any atom is 0.251 e. The van der Waals surface area contributed by atoms with Gasteiger partial charge in [0.2, 0.25) is 5.95 Å². The van der Waals surface area contributed by atoms with Crippen LogP contribution in [0.1, 0.15) is 42.0 Å². The molecule has 140 valence electrons. The number of aromatic nitrogens is 2. The number of amides is 1. The molecule has 6 nitrogen and oxygen atoms in total. The summed E-state index contributed by atoms with van der Waals surface area (Å²) in [4.78, 5) is 23.4. The summed E-state index contributed by atoms with van der Waals surface area (Å²) in [5.74, 6) is 0.480. The van der Waals surface area contributed by atoms with E-state index in [1.54, 1.807) is 0 Å². The molecule has 0 spiro atoms. The zero-order valence-electron chi connectivity index (χ0n) is 16.2. The first-order valence-electron chi connectivity index (χ1n) is 9.21. The predicted octanol–water partition coefficient (Wildman–Crippen LogP) is 3.30. The van der Waals surface area contributed by atoms with Crippen molar-refractivity contribution in [2.75, 3.05) is 31.5 Å². The van der Waals surface area contributed by atoms with Gasteiger partial charge in [0.25, 0.3) is 5.91 Å². The molecule has 1 heterocycles. The Hall–Kier alpha value is -2.47. The average Bonchev–Trinajstić information content (AvgIpc) is 2.61. The van der Waals surface area contributed by atoms with Gasteiger partial charge in [-0.15, -0.1) is 0 Å². The van der Waals surface area contributed by atoms with E-state index in [0.29, 0.717) is 18.1 Å².